The Hall–Kier alpha value is -7.04. The van der Waals surface area contributed by atoms with E-state index >= 15 is 0 Å². The minimum Gasteiger partial charge on any atom is -0.456 e. The van der Waals surface area contributed by atoms with Crippen LogP contribution in [0.4, 0.5) is 0 Å². The zero-order chi connectivity index (χ0) is 40.1. The SMILES string of the molecule is CC1C(c2ccccc2)=NC(c2ccc3c(c2)C(C)(C)c2ccccc2-3)=NC1C1CC=Cc2oc3cc(-n4c5ccccc5c5c(-c6ccccc6)cccc54)ccc3c21. The van der Waals surface area contributed by atoms with Gasteiger partial charge in [0.05, 0.1) is 22.8 Å². The van der Waals surface area contributed by atoms with Crippen molar-refractivity contribution in [3.8, 4) is 27.9 Å². The Labute approximate surface area is 349 Å². The summed E-state index contributed by atoms with van der Waals surface area (Å²) in [5.74, 6) is 1.92. The predicted molar refractivity (Wildman–Crippen MR) is 249 cm³/mol. The Morgan fingerprint density at radius 2 is 1.33 bits per heavy atom. The third-order valence-electron chi connectivity index (χ3n) is 13.6. The first-order valence-corrected chi connectivity index (χ1v) is 21.2. The van der Waals surface area contributed by atoms with Crippen LogP contribution in [0.1, 0.15) is 66.7 Å². The van der Waals surface area contributed by atoms with Crippen molar-refractivity contribution in [2.45, 2.75) is 44.6 Å². The molecule has 0 spiro atoms. The highest BCUT2D eigenvalue weighted by atomic mass is 16.3. The molecule has 0 radical (unpaired) electrons. The lowest BCUT2D eigenvalue weighted by Crippen LogP contribution is -2.36. The second-order valence-corrected chi connectivity index (χ2v) is 17.2. The van der Waals surface area contributed by atoms with Crippen molar-refractivity contribution < 1.29 is 4.42 Å². The van der Waals surface area contributed by atoms with Gasteiger partial charge in [0, 0.05) is 56.3 Å². The number of aromatic nitrogens is 1. The summed E-state index contributed by atoms with van der Waals surface area (Å²) in [4.78, 5) is 11.1. The highest BCUT2D eigenvalue weighted by Crippen LogP contribution is 2.50. The van der Waals surface area contributed by atoms with Crippen LogP contribution in [0, 0.1) is 5.92 Å². The van der Waals surface area contributed by atoms with Crippen molar-refractivity contribution >= 4 is 50.4 Å². The molecule has 3 unspecified atom stereocenters. The topological polar surface area (TPSA) is 42.8 Å². The summed E-state index contributed by atoms with van der Waals surface area (Å²) in [5.41, 5.74) is 16.5. The molecule has 3 atom stereocenters. The summed E-state index contributed by atoms with van der Waals surface area (Å²) in [7, 11) is 0. The number of allylic oxidation sites excluding steroid dienone is 1. The molecular formula is C56H43N3O. The van der Waals surface area contributed by atoms with Crippen molar-refractivity contribution in [1.29, 1.82) is 0 Å². The molecule has 3 heterocycles. The number of rotatable bonds is 5. The fourth-order valence-electron chi connectivity index (χ4n) is 10.7. The Kier molecular flexibility index (Phi) is 7.71. The molecule has 2 aromatic heterocycles. The number of hydrogen-bond acceptors (Lipinski definition) is 3. The van der Waals surface area contributed by atoms with Gasteiger partial charge in [-0.25, -0.2) is 4.99 Å². The number of furan rings is 1. The third-order valence-corrected chi connectivity index (χ3v) is 13.6. The molecule has 4 heteroatoms. The average Bonchev–Trinajstić information content (AvgIpc) is 3.92. The molecule has 4 nitrogen and oxygen atoms in total. The van der Waals surface area contributed by atoms with Crippen LogP contribution < -0.4 is 0 Å². The van der Waals surface area contributed by atoms with E-state index in [-0.39, 0.29) is 23.3 Å². The van der Waals surface area contributed by atoms with E-state index in [1.54, 1.807) is 0 Å². The van der Waals surface area contributed by atoms with Gasteiger partial charge in [-0.2, -0.15) is 0 Å². The quantitative estimate of drug-likeness (QED) is 0.172. The number of amidine groups is 1. The fourth-order valence-corrected chi connectivity index (χ4v) is 10.7. The first kappa shape index (κ1) is 35.0. The van der Waals surface area contributed by atoms with Gasteiger partial charge >= 0.3 is 0 Å². The third kappa shape index (κ3) is 5.16. The summed E-state index contributed by atoms with van der Waals surface area (Å²) in [5, 5.41) is 3.65. The Morgan fingerprint density at radius 1 is 0.617 bits per heavy atom. The van der Waals surface area contributed by atoms with Crippen molar-refractivity contribution in [1.82, 2.24) is 4.57 Å². The lowest BCUT2D eigenvalue weighted by molar-refractivity contribution is 0.456. The highest BCUT2D eigenvalue weighted by molar-refractivity contribution is 6.17. The van der Waals surface area contributed by atoms with E-state index in [1.165, 1.54) is 60.8 Å². The molecule has 3 aliphatic rings. The van der Waals surface area contributed by atoms with Crippen LogP contribution in [0.5, 0.6) is 0 Å². The van der Waals surface area contributed by atoms with E-state index in [9.17, 15) is 0 Å². The molecule has 0 bridgehead atoms. The molecule has 1 aliphatic heterocycles. The maximum absolute atomic E-state index is 6.85. The van der Waals surface area contributed by atoms with Crippen LogP contribution in [0.25, 0.3) is 66.8 Å². The van der Waals surface area contributed by atoms with E-state index in [1.807, 2.05) is 0 Å². The molecule has 7 aromatic carbocycles. The molecule has 12 rings (SSSR count). The van der Waals surface area contributed by atoms with Crippen molar-refractivity contribution in [2.75, 3.05) is 0 Å². The summed E-state index contributed by atoms with van der Waals surface area (Å²) >= 11 is 0. The molecule has 288 valence electrons. The van der Waals surface area contributed by atoms with Gasteiger partial charge in [-0.15, -0.1) is 0 Å². The number of hydrogen-bond donors (Lipinski definition) is 0. The van der Waals surface area contributed by atoms with Crippen LogP contribution >= 0.6 is 0 Å². The number of fused-ring (bicyclic) bond motifs is 9. The molecule has 0 N–H and O–H groups in total. The summed E-state index contributed by atoms with van der Waals surface area (Å²) in [6.45, 7) is 6.98. The van der Waals surface area contributed by atoms with Gasteiger partial charge in [0.25, 0.3) is 0 Å². The van der Waals surface area contributed by atoms with Gasteiger partial charge in [0.15, 0.2) is 5.84 Å². The summed E-state index contributed by atoms with van der Waals surface area (Å²) < 4.78 is 9.24. The lowest BCUT2D eigenvalue weighted by Gasteiger charge is -2.34. The molecule has 2 aliphatic carbocycles. The predicted octanol–water partition coefficient (Wildman–Crippen LogP) is 14.0. The van der Waals surface area contributed by atoms with Crippen LogP contribution in [0.15, 0.2) is 184 Å². The van der Waals surface area contributed by atoms with Gasteiger partial charge in [0.1, 0.15) is 11.3 Å². The number of nitrogens with zero attached hydrogens (tertiary/aromatic N) is 3. The Morgan fingerprint density at radius 3 is 2.18 bits per heavy atom. The zero-order valence-electron chi connectivity index (χ0n) is 33.9. The van der Waals surface area contributed by atoms with Gasteiger partial charge in [-0.1, -0.05) is 154 Å². The zero-order valence-corrected chi connectivity index (χ0v) is 33.9. The van der Waals surface area contributed by atoms with Gasteiger partial charge in [-0.3, -0.25) is 4.99 Å². The molecule has 9 aromatic rings. The maximum Gasteiger partial charge on any atom is 0.155 e. The minimum atomic E-state index is -0.114. The van der Waals surface area contributed by atoms with E-state index in [0.717, 1.165) is 51.5 Å². The smallest absolute Gasteiger partial charge is 0.155 e. The van der Waals surface area contributed by atoms with Crippen molar-refractivity contribution in [3.05, 3.63) is 203 Å². The Balaban J connectivity index is 0.985. The van der Waals surface area contributed by atoms with Crippen molar-refractivity contribution in [2.24, 2.45) is 15.9 Å². The van der Waals surface area contributed by atoms with Crippen molar-refractivity contribution in [3.63, 3.8) is 0 Å². The van der Waals surface area contributed by atoms with Gasteiger partial charge in [-0.05, 0) is 81.8 Å². The van der Waals surface area contributed by atoms with Crippen LogP contribution in [0.3, 0.4) is 0 Å². The summed E-state index contributed by atoms with van der Waals surface area (Å²) in [6.07, 6.45) is 5.32. The second-order valence-electron chi connectivity index (χ2n) is 17.2. The second kappa shape index (κ2) is 13.2. The standard InChI is InChI=1S/C56H43N3O/c1-34-53(36-18-8-5-9-19-36)57-55(37-28-30-41-40-20-10-12-24-45(40)56(2,3)46(41)32-37)58-54(34)44-23-15-27-49-52(44)43-31-29-38(33-50(43)60-49)59-47-25-13-11-21-42(47)51-39(22-14-26-48(51)59)35-16-6-4-7-17-35/h4-22,24-34,44,54H,23H2,1-3H3. The summed E-state index contributed by atoms with van der Waals surface area (Å²) in [6, 6.07) is 59.2. The fraction of sp³-hybridized carbons (Fsp3) is 0.143. The largest absolute Gasteiger partial charge is 0.456 e. The van der Waals surface area contributed by atoms with Crippen LogP contribution in [0.2, 0.25) is 0 Å². The number of aliphatic imine (C=N–C) groups is 2. The molecule has 0 saturated heterocycles. The lowest BCUT2D eigenvalue weighted by atomic mass is 9.76. The maximum atomic E-state index is 6.85. The van der Waals surface area contributed by atoms with Crippen LogP contribution in [-0.4, -0.2) is 22.2 Å². The molecule has 0 saturated carbocycles. The number of para-hydroxylation sites is 1. The Bertz CT molecular complexity index is 3290. The van der Waals surface area contributed by atoms with Gasteiger partial charge < -0.3 is 8.98 Å². The normalized spacial score (nSPS) is 18.9. The van der Waals surface area contributed by atoms with E-state index in [2.05, 4.69) is 201 Å². The first-order valence-electron chi connectivity index (χ1n) is 21.2. The number of benzene rings is 7. The van der Waals surface area contributed by atoms with E-state index in [4.69, 9.17) is 14.4 Å². The minimum absolute atomic E-state index is 0.0518. The molecular weight excluding hydrogens is 731 g/mol. The monoisotopic (exact) mass is 773 g/mol. The molecule has 0 amide bonds. The molecule has 60 heavy (non-hydrogen) atoms. The van der Waals surface area contributed by atoms with E-state index < -0.39 is 0 Å². The first-order chi connectivity index (χ1) is 29.4. The van der Waals surface area contributed by atoms with E-state index in [0.29, 0.717) is 0 Å². The van der Waals surface area contributed by atoms with Crippen LogP contribution in [-0.2, 0) is 5.41 Å². The average molecular weight is 774 g/mol. The molecule has 0 fully saturated rings. The highest BCUT2D eigenvalue weighted by Gasteiger charge is 2.39. The van der Waals surface area contributed by atoms with Gasteiger partial charge in [0.2, 0.25) is 0 Å².